The Morgan fingerprint density at radius 1 is 1.58 bits per heavy atom. The van der Waals surface area contributed by atoms with Crippen LogP contribution in [-0.4, -0.2) is 34.3 Å². The molecule has 108 valence electrons. The van der Waals surface area contributed by atoms with E-state index in [9.17, 15) is 13.5 Å². The molecular weight excluding hydrogens is 288 g/mol. The minimum Gasteiger partial charge on any atom is -0.385 e. The first kappa shape index (κ1) is 14.8. The molecule has 1 aromatic rings. The summed E-state index contributed by atoms with van der Waals surface area (Å²) in [6.07, 6.45) is 3.19. The highest BCUT2D eigenvalue weighted by Crippen LogP contribution is 2.33. The second-order valence-electron chi connectivity index (χ2n) is 4.95. The van der Waals surface area contributed by atoms with Gasteiger partial charge in [0.25, 0.3) is 0 Å². The van der Waals surface area contributed by atoms with E-state index in [0.29, 0.717) is 30.1 Å². The monoisotopic (exact) mass is 306 g/mol. The molecule has 2 rings (SSSR count). The molecule has 1 aliphatic rings. The third-order valence-corrected chi connectivity index (χ3v) is 6.09. The van der Waals surface area contributed by atoms with Crippen molar-refractivity contribution in [2.75, 3.05) is 5.75 Å². The van der Waals surface area contributed by atoms with Crippen LogP contribution in [0.3, 0.4) is 0 Å². The van der Waals surface area contributed by atoms with Crippen LogP contribution >= 0.6 is 11.6 Å². The number of sulfone groups is 1. The fraction of sp³-hybridized carbons (Fsp3) is 0.750. The maximum Gasteiger partial charge on any atom is 0.156 e. The molecule has 7 heteroatoms. The molecule has 1 aliphatic heterocycles. The first-order chi connectivity index (χ1) is 8.97. The second kappa shape index (κ2) is 5.81. The predicted molar refractivity (Wildman–Crippen MR) is 73.9 cm³/mol. The number of rotatable bonds is 4. The highest BCUT2D eigenvalue weighted by molar-refractivity contribution is 7.92. The number of aryl methyl sites for hydroxylation is 1. The number of hydrogen-bond donors (Lipinski definition) is 1. The predicted octanol–water partition coefficient (Wildman–Crippen LogP) is 1.95. The van der Waals surface area contributed by atoms with Gasteiger partial charge in [-0.1, -0.05) is 24.9 Å². The number of aromatic nitrogens is 2. The Labute approximate surface area is 118 Å². The molecule has 0 amide bonds. The van der Waals surface area contributed by atoms with Gasteiger partial charge in [0.05, 0.1) is 27.9 Å². The van der Waals surface area contributed by atoms with Crippen LogP contribution in [0.5, 0.6) is 0 Å². The molecule has 2 heterocycles. The Morgan fingerprint density at radius 2 is 2.32 bits per heavy atom. The lowest BCUT2D eigenvalue weighted by Gasteiger charge is -2.27. The van der Waals surface area contributed by atoms with Crippen molar-refractivity contribution >= 4 is 21.4 Å². The Morgan fingerprint density at radius 3 is 2.95 bits per heavy atom. The quantitative estimate of drug-likeness (QED) is 0.923. The van der Waals surface area contributed by atoms with Crippen molar-refractivity contribution in [1.29, 1.82) is 0 Å². The van der Waals surface area contributed by atoms with Gasteiger partial charge in [-0.2, -0.15) is 5.10 Å². The van der Waals surface area contributed by atoms with Gasteiger partial charge in [0.1, 0.15) is 6.10 Å². The van der Waals surface area contributed by atoms with Gasteiger partial charge >= 0.3 is 0 Å². The van der Waals surface area contributed by atoms with Crippen molar-refractivity contribution in [3.05, 3.63) is 16.9 Å². The van der Waals surface area contributed by atoms with Gasteiger partial charge < -0.3 is 5.11 Å². The van der Waals surface area contributed by atoms with E-state index in [1.165, 1.54) is 6.20 Å². The summed E-state index contributed by atoms with van der Waals surface area (Å²) in [5.41, 5.74) is 0.430. The van der Waals surface area contributed by atoms with Gasteiger partial charge in [-0.05, 0) is 19.3 Å². The average molecular weight is 307 g/mol. The number of halogens is 1. The molecule has 5 nitrogen and oxygen atoms in total. The maximum absolute atomic E-state index is 12.1. The minimum absolute atomic E-state index is 0.147. The number of nitrogens with zero attached hydrogens (tertiary/aromatic N) is 2. The number of aliphatic hydroxyl groups excluding tert-OH is 1. The average Bonchev–Trinajstić information content (AvgIpc) is 2.70. The van der Waals surface area contributed by atoms with E-state index >= 15 is 0 Å². The van der Waals surface area contributed by atoms with E-state index in [4.69, 9.17) is 11.6 Å². The fourth-order valence-corrected chi connectivity index (χ4v) is 4.78. The Hall–Kier alpha value is -0.590. The Bertz CT molecular complexity index is 541. The molecule has 1 saturated heterocycles. The Balaban J connectivity index is 2.33. The molecule has 1 fully saturated rings. The molecule has 0 radical (unpaired) electrons. The zero-order valence-electron chi connectivity index (χ0n) is 10.9. The topological polar surface area (TPSA) is 72.2 Å². The molecule has 2 unspecified atom stereocenters. The summed E-state index contributed by atoms with van der Waals surface area (Å²) in [6.45, 7) is 2.61. The lowest BCUT2D eigenvalue weighted by Crippen LogP contribution is -2.35. The normalized spacial score (nSPS) is 24.3. The van der Waals surface area contributed by atoms with Gasteiger partial charge in [0, 0.05) is 6.54 Å². The molecule has 1 aromatic heterocycles. The SMILES string of the molecule is CCCn1ncc(Cl)c1C(O)C1CCCCS1(=O)=O. The van der Waals surface area contributed by atoms with Crippen LogP contribution in [0.15, 0.2) is 6.20 Å². The van der Waals surface area contributed by atoms with E-state index in [0.717, 1.165) is 12.8 Å². The molecule has 2 atom stereocenters. The summed E-state index contributed by atoms with van der Waals surface area (Å²) in [4.78, 5) is 0. The van der Waals surface area contributed by atoms with Crippen LogP contribution in [-0.2, 0) is 16.4 Å². The summed E-state index contributed by atoms with van der Waals surface area (Å²) in [7, 11) is -3.25. The summed E-state index contributed by atoms with van der Waals surface area (Å²) in [5, 5.41) is 14.1. The summed E-state index contributed by atoms with van der Waals surface area (Å²) < 4.78 is 25.7. The summed E-state index contributed by atoms with van der Waals surface area (Å²) in [6, 6.07) is 0. The van der Waals surface area contributed by atoms with Crippen molar-refractivity contribution in [3.8, 4) is 0 Å². The second-order valence-corrected chi connectivity index (χ2v) is 7.69. The lowest BCUT2D eigenvalue weighted by atomic mass is 10.1. The van der Waals surface area contributed by atoms with Crippen molar-refractivity contribution in [2.24, 2.45) is 0 Å². The molecule has 1 N–H and O–H groups in total. The lowest BCUT2D eigenvalue weighted by molar-refractivity contribution is 0.153. The zero-order valence-corrected chi connectivity index (χ0v) is 12.5. The van der Waals surface area contributed by atoms with Crippen molar-refractivity contribution in [2.45, 2.75) is 50.5 Å². The third kappa shape index (κ3) is 2.95. The van der Waals surface area contributed by atoms with Crippen LogP contribution < -0.4 is 0 Å². The van der Waals surface area contributed by atoms with E-state index in [-0.39, 0.29) is 5.75 Å². The maximum atomic E-state index is 12.1. The van der Waals surface area contributed by atoms with Gasteiger partial charge in [-0.15, -0.1) is 0 Å². The number of aliphatic hydroxyl groups is 1. The van der Waals surface area contributed by atoms with E-state index in [2.05, 4.69) is 5.10 Å². The van der Waals surface area contributed by atoms with Crippen molar-refractivity contribution < 1.29 is 13.5 Å². The van der Waals surface area contributed by atoms with E-state index in [1.807, 2.05) is 6.92 Å². The smallest absolute Gasteiger partial charge is 0.156 e. The zero-order chi connectivity index (χ0) is 14.0. The molecular formula is C12H19ClN2O3S. The standard InChI is InChI=1S/C12H19ClN2O3S/c1-2-6-15-11(9(13)8-14-15)12(16)10-5-3-4-7-19(10,17)18/h8,10,12,16H,2-7H2,1H3. The molecule has 0 aromatic carbocycles. The molecule has 0 bridgehead atoms. The van der Waals surface area contributed by atoms with E-state index < -0.39 is 21.2 Å². The largest absolute Gasteiger partial charge is 0.385 e. The van der Waals surface area contributed by atoms with Gasteiger partial charge in [0.15, 0.2) is 9.84 Å². The minimum atomic E-state index is -3.25. The first-order valence-electron chi connectivity index (χ1n) is 6.58. The highest BCUT2D eigenvalue weighted by Gasteiger charge is 2.37. The first-order valence-corrected chi connectivity index (χ1v) is 8.67. The number of hydrogen-bond acceptors (Lipinski definition) is 4. The van der Waals surface area contributed by atoms with Crippen molar-refractivity contribution in [3.63, 3.8) is 0 Å². The van der Waals surface area contributed by atoms with Gasteiger partial charge in [-0.3, -0.25) is 4.68 Å². The van der Waals surface area contributed by atoms with Crippen LogP contribution in [0.1, 0.15) is 44.4 Å². The van der Waals surface area contributed by atoms with E-state index in [1.54, 1.807) is 4.68 Å². The van der Waals surface area contributed by atoms with Crippen LogP contribution in [0.4, 0.5) is 0 Å². The van der Waals surface area contributed by atoms with Crippen LogP contribution in [0.2, 0.25) is 5.02 Å². The fourth-order valence-electron chi connectivity index (χ4n) is 2.57. The molecule has 19 heavy (non-hydrogen) atoms. The molecule has 0 aliphatic carbocycles. The summed E-state index contributed by atoms with van der Waals surface area (Å²) >= 11 is 6.05. The van der Waals surface area contributed by atoms with Crippen molar-refractivity contribution in [1.82, 2.24) is 9.78 Å². The molecule has 0 spiro atoms. The van der Waals surface area contributed by atoms with Gasteiger partial charge in [0.2, 0.25) is 0 Å². The van der Waals surface area contributed by atoms with Gasteiger partial charge in [-0.25, -0.2) is 8.42 Å². The third-order valence-electron chi connectivity index (χ3n) is 3.53. The summed E-state index contributed by atoms with van der Waals surface area (Å²) in [5.74, 6) is 0.147. The Kier molecular flexibility index (Phi) is 4.53. The molecule has 0 saturated carbocycles. The highest BCUT2D eigenvalue weighted by atomic mass is 35.5. The van der Waals surface area contributed by atoms with Crippen LogP contribution in [0.25, 0.3) is 0 Å². The van der Waals surface area contributed by atoms with Crippen LogP contribution in [0, 0.1) is 0 Å².